The van der Waals surface area contributed by atoms with Crippen molar-refractivity contribution in [1.82, 2.24) is 0 Å². The van der Waals surface area contributed by atoms with Crippen LogP contribution in [0.15, 0.2) is 4.90 Å². The smallest absolute Gasteiger partial charge is 0.171 e. The predicted molar refractivity (Wildman–Crippen MR) is 94.9 cm³/mol. The van der Waals surface area contributed by atoms with Gasteiger partial charge >= 0.3 is 0 Å². The van der Waals surface area contributed by atoms with E-state index in [1.165, 1.54) is 24.3 Å². The number of nitrogens with two attached hydrogens (primary N) is 1. The molecule has 1 aromatic rings. The molecule has 5 heteroatoms. The zero-order chi connectivity index (χ0) is 15.6. The van der Waals surface area contributed by atoms with E-state index in [4.69, 9.17) is 5.73 Å². The van der Waals surface area contributed by atoms with E-state index in [1.54, 1.807) is 30.0 Å². The van der Waals surface area contributed by atoms with E-state index in [-0.39, 0.29) is 5.78 Å². The Bertz CT molecular complexity index is 511. The number of Topliss-reactive ketones (excluding diaryl/α,β-unsaturated/α-hetero) is 1. The van der Waals surface area contributed by atoms with Crippen molar-refractivity contribution < 1.29 is 4.79 Å². The average molecular weight is 327 g/mol. The molecular weight excluding hydrogens is 300 g/mol. The van der Waals surface area contributed by atoms with Crippen LogP contribution in [0.3, 0.4) is 0 Å². The Kier molecular flexibility index (Phi) is 5.60. The Labute approximate surface area is 136 Å². The van der Waals surface area contributed by atoms with Crippen molar-refractivity contribution in [2.75, 3.05) is 30.0 Å². The number of thioether (sulfide) groups is 1. The van der Waals surface area contributed by atoms with Crippen LogP contribution in [0.25, 0.3) is 0 Å². The predicted octanol–water partition coefficient (Wildman–Crippen LogP) is 4.52. The minimum absolute atomic E-state index is 0.0777. The summed E-state index contributed by atoms with van der Waals surface area (Å²) >= 11 is 3.23. The SMILES string of the molecule is CSc1c(N2CCCC(C(C)C)CC2)sc(C(C)=O)c1N. The van der Waals surface area contributed by atoms with Gasteiger partial charge in [0.15, 0.2) is 5.78 Å². The lowest BCUT2D eigenvalue weighted by Crippen LogP contribution is -2.24. The van der Waals surface area contributed by atoms with Crippen molar-refractivity contribution in [3.05, 3.63) is 4.88 Å². The first-order valence-corrected chi connectivity index (χ1v) is 9.72. The third-order valence-electron chi connectivity index (χ3n) is 4.41. The van der Waals surface area contributed by atoms with E-state index < -0.39 is 0 Å². The number of carbonyl (C=O) groups excluding carboxylic acids is 1. The summed E-state index contributed by atoms with van der Waals surface area (Å²) in [5.41, 5.74) is 6.86. The Balaban J connectivity index is 2.25. The molecule has 1 aromatic heterocycles. The minimum atomic E-state index is 0.0777. The molecule has 1 aliphatic rings. The second-order valence-corrected chi connectivity index (χ2v) is 7.98. The molecular formula is C16H26N2OS2. The lowest BCUT2D eigenvalue weighted by atomic mass is 9.89. The van der Waals surface area contributed by atoms with Crippen molar-refractivity contribution in [2.45, 2.75) is 44.9 Å². The number of hydrogen-bond donors (Lipinski definition) is 1. The van der Waals surface area contributed by atoms with Crippen LogP contribution in [-0.4, -0.2) is 25.1 Å². The number of anilines is 2. The van der Waals surface area contributed by atoms with Crippen LogP contribution >= 0.6 is 23.1 Å². The van der Waals surface area contributed by atoms with Gasteiger partial charge in [-0.05, 0) is 37.4 Å². The third-order valence-corrected chi connectivity index (χ3v) is 6.73. The number of carbonyl (C=O) groups is 1. The highest BCUT2D eigenvalue weighted by Gasteiger charge is 2.25. The Morgan fingerprint density at radius 3 is 2.67 bits per heavy atom. The summed E-state index contributed by atoms with van der Waals surface area (Å²) in [6.07, 6.45) is 5.81. The largest absolute Gasteiger partial charge is 0.396 e. The number of rotatable bonds is 4. The first-order chi connectivity index (χ1) is 9.95. The van der Waals surface area contributed by atoms with Crippen LogP contribution in [0.1, 0.15) is 49.7 Å². The van der Waals surface area contributed by atoms with Gasteiger partial charge in [0.1, 0.15) is 5.00 Å². The van der Waals surface area contributed by atoms with Gasteiger partial charge in [0.25, 0.3) is 0 Å². The molecule has 0 spiro atoms. The van der Waals surface area contributed by atoms with E-state index >= 15 is 0 Å². The Morgan fingerprint density at radius 2 is 2.10 bits per heavy atom. The van der Waals surface area contributed by atoms with Gasteiger partial charge in [-0.25, -0.2) is 0 Å². The van der Waals surface area contributed by atoms with Gasteiger partial charge in [-0.3, -0.25) is 4.79 Å². The van der Waals surface area contributed by atoms with E-state index in [0.29, 0.717) is 5.69 Å². The third kappa shape index (κ3) is 3.57. The molecule has 1 unspecified atom stereocenters. The van der Waals surface area contributed by atoms with E-state index in [1.807, 2.05) is 6.26 Å². The number of ketones is 1. The number of nitrogens with zero attached hydrogens (tertiary/aromatic N) is 1. The minimum Gasteiger partial charge on any atom is -0.396 e. The quantitative estimate of drug-likeness (QED) is 0.653. The molecule has 1 saturated heterocycles. The van der Waals surface area contributed by atoms with Gasteiger partial charge in [0.2, 0.25) is 0 Å². The monoisotopic (exact) mass is 326 g/mol. The molecule has 2 heterocycles. The molecule has 0 aliphatic carbocycles. The van der Waals surface area contributed by atoms with Crippen molar-refractivity contribution in [3.63, 3.8) is 0 Å². The van der Waals surface area contributed by atoms with Gasteiger partial charge in [-0.2, -0.15) is 0 Å². The van der Waals surface area contributed by atoms with Crippen LogP contribution in [0, 0.1) is 11.8 Å². The molecule has 0 saturated carbocycles. The van der Waals surface area contributed by atoms with Crippen LogP contribution in [0.4, 0.5) is 10.7 Å². The summed E-state index contributed by atoms with van der Waals surface area (Å²) in [6, 6.07) is 0. The normalized spacial score (nSPS) is 19.9. The molecule has 1 fully saturated rings. The maximum atomic E-state index is 11.7. The molecule has 0 radical (unpaired) electrons. The van der Waals surface area contributed by atoms with E-state index in [0.717, 1.165) is 34.7 Å². The van der Waals surface area contributed by atoms with E-state index in [2.05, 4.69) is 18.7 Å². The molecule has 0 bridgehead atoms. The Hall–Kier alpha value is -0.680. The van der Waals surface area contributed by atoms with Crippen LogP contribution in [-0.2, 0) is 0 Å². The van der Waals surface area contributed by atoms with Crippen LogP contribution in [0.5, 0.6) is 0 Å². The first-order valence-electron chi connectivity index (χ1n) is 7.67. The summed E-state index contributed by atoms with van der Waals surface area (Å²) in [4.78, 5) is 16.0. The molecule has 2 rings (SSSR count). The summed E-state index contributed by atoms with van der Waals surface area (Å²) in [5.74, 6) is 1.65. The summed E-state index contributed by atoms with van der Waals surface area (Å²) < 4.78 is 0. The van der Waals surface area contributed by atoms with Crippen molar-refractivity contribution in [3.8, 4) is 0 Å². The maximum absolute atomic E-state index is 11.7. The second-order valence-electron chi connectivity index (χ2n) is 6.16. The number of hydrogen-bond acceptors (Lipinski definition) is 5. The fourth-order valence-corrected chi connectivity index (χ4v) is 5.20. The van der Waals surface area contributed by atoms with Crippen molar-refractivity contribution in [2.24, 2.45) is 11.8 Å². The molecule has 0 amide bonds. The molecule has 0 aromatic carbocycles. The fraction of sp³-hybridized carbons (Fsp3) is 0.688. The number of thiophene rings is 1. The molecule has 2 N–H and O–H groups in total. The zero-order valence-corrected chi connectivity index (χ0v) is 15.1. The lowest BCUT2D eigenvalue weighted by Gasteiger charge is -2.23. The highest BCUT2D eigenvalue weighted by molar-refractivity contribution is 7.99. The topological polar surface area (TPSA) is 46.3 Å². The fourth-order valence-electron chi connectivity index (χ4n) is 3.08. The summed E-state index contributed by atoms with van der Waals surface area (Å²) in [6.45, 7) is 8.41. The van der Waals surface area contributed by atoms with Gasteiger partial charge in [-0.15, -0.1) is 23.1 Å². The Morgan fingerprint density at radius 1 is 1.38 bits per heavy atom. The first kappa shape index (κ1) is 16.7. The number of nitrogen functional groups attached to an aromatic ring is 1. The molecule has 118 valence electrons. The summed E-state index contributed by atoms with van der Waals surface area (Å²) in [5, 5.41) is 1.20. The second kappa shape index (κ2) is 7.05. The molecule has 1 atom stereocenters. The lowest BCUT2D eigenvalue weighted by molar-refractivity contribution is 0.102. The van der Waals surface area contributed by atoms with Gasteiger partial charge in [0.05, 0.1) is 15.5 Å². The zero-order valence-electron chi connectivity index (χ0n) is 13.4. The highest BCUT2D eigenvalue weighted by Crippen LogP contribution is 2.44. The van der Waals surface area contributed by atoms with Gasteiger partial charge in [-0.1, -0.05) is 13.8 Å². The van der Waals surface area contributed by atoms with Gasteiger partial charge < -0.3 is 10.6 Å². The van der Waals surface area contributed by atoms with Gasteiger partial charge in [0, 0.05) is 20.0 Å². The standard InChI is InChI=1S/C16H26N2OS2/c1-10(2)12-6-5-8-18(9-7-12)16-15(20-4)13(17)14(21-16)11(3)19/h10,12H,5-9,17H2,1-4H3. The van der Waals surface area contributed by atoms with Crippen molar-refractivity contribution in [1.29, 1.82) is 0 Å². The van der Waals surface area contributed by atoms with Crippen molar-refractivity contribution >= 4 is 39.6 Å². The maximum Gasteiger partial charge on any atom is 0.171 e. The molecule has 21 heavy (non-hydrogen) atoms. The molecule has 3 nitrogen and oxygen atoms in total. The highest BCUT2D eigenvalue weighted by atomic mass is 32.2. The summed E-state index contributed by atoms with van der Waals surface area (Å²) in [7, 11) is 0. The van der Waals surface area contributed by atoms with E-state index in [9.17, 15) is 4.79 Å². The average Bonchev–Trinajstić information content (AvgIpc) is 2.62. The van der Waals surface area contributed by atoms with Crippen LogP contribution < -0.4 is 10.6 Å². The molecule has 1 aliphatic heterocycles. The van der Waals surface area contributed by atoms with Crippen LogP contribution in [0.2, 0.25) is 0 Å².